The number of benzene rings is 3. The number of anilines is 1. The molecule has 7 nitrogen and oxygen atoms in total. The third kappa shape index (κ3) is 4.90. The van der Waals surface area contributed by atoms with Crippen LogP contribution < -0.4 is 15.4 Å². The Morgan fingerprint density at radius 3 is 2.81 bits per heavy atom. The van der Waals surface area contributed by atoms with Crippen LogP contribution in [0.5, 0.6) is 11.5 Å². The smallest absolute Gasteiger partial charge is 0.257 e. The molecule has 0 aliphatic heterocycles. The van der Waals surface area contributed by atoms with E-state index in [1.165, 1.54) is 0 Å². The van der Waals surface area contributed by atoms with Crippen LogP contribution in [-0.4, -0.2) is 27.7 Å². The molecule has 1 amide bonds. The number of amides is 1. The van der Waals surface area contributed by atoms with Crippen LogP contribution in [-0.2, 0) is 0 Å². The fourth-order valence-corrected chi connectivity index (χ4v) is 3.59. The molecule has 0 saturated heterocycles. The molecule has 9 heteroatoms. The SMILES string of the molecule is CCOc1cccc(C(=O)NC(=S)Nc2ccc3oc(-c4ccc(O)c(Br)c4)nc3c2)c1. The van der Waals surface area contributed by atoms with Crippen LogP contribution in [0.15, 0.2) is 69.6 Å². The van der Waals surface area contributed by atoms with Crippen molar-refractivity contribution >= 4 is 56.0 Å². The van der Waals surface area contributed by atoms with E-state index in [1.54, 1.807) is 60.7 Å². The maximum Gasteiger partial charge on any atom is 0.257 e. The van der Waals surface area contributed by atoms with Crippen LogP contribution in [0, 0.1) is 0 Å². The zero-order chi connectivity index (χ0) is 22.7. The number of aromatic hydroxyl groups is 1. The zero-order valence-corrected chi connectivity index (χ0v) is 19.3. The molecular formula is C23H18BrN3O4S. The number of phenols is 1. The van der Waals surface area contributed by atoms with E-state index < -0.39 is 0 Å². The number of nitrogens with one attached hydrogen (secondary N) is 2. The van der Waals surface area contributed by atoms with E-state index in [4.69, 9.17) is 21.4 Å². The highest BCUT2D eigenvalue weighted by atomic mass is 79.9. The predicted octanol–water partition coefficient (Wildman–Crippen LogP) is 5.49. The number of oxazole rings is 1. The molecule has 0 atom stereocenters. The summed E-state index contributed by atoms with van der Waals surface area (Å²) in [7, 11) is 0. The Morgan fingerprint density at radius 2 is 2.03 bits per heavy atom. The molecule has 3 N–H and O–H groups in total. The third-order valence-corrected chi connectivity index (χ3v) is 5.31. The summed E-state index contributed by atoms with van der Waals surface area (Å²) in [5.74, 6) is 0.832. The number of hydrogen-bond acceptors (Lipinski definition) is 6. The van der Waals surface area contributed by atoms with Crippen molar-refractivity contribution in [3.8, 4) is 23.0 Å². The highest BCUT2D eigenvalue weighted by molar-refractivity contribution is 9.10. The van der Waals surface area contributed by atoms with Crippen molar-refractivity contribution in [2.75, 3.05) is 11.9 Å². The van der Waals surface area contributed by atoms with Crippen molar-refractivity contribution in [2.24, 2.45) is 0 Å². The monoisotopic (exact) mass is 511 g/mol. The molecular weight excluding hydrogens is 494 g/mol. The van der Waals surface area contributed by atoms with Gasteiger partial charge in [0.15, 0.2) is 10.7 Å². The summed E-state index contributed by atoms with van der Waals surface area (Å²) in [6.07, 6.45) is 0. The second-order valence-corrected chi connectivity index (χ2v) is 8.00. The normalized spacial score (nSPS) is 10.7. The van der Waals surface area contributed by atoms with Crippen molar-refractivity contribution in [1.29, 1.82) is 0 Å². The molecule has 1 aromatic heterocycles. The average molecular weight is 512 g/mol. The molecule has 1 heterocycles. The molecule has 32 heavy (non-hydrogen) atoms. The summed E-state index contributed by atoms with van der Waals surface area (Å²) in [5, 5.41) is 15.5. The number of ether oxygens (including phenoxy) is 1. The maximum atomic E-state index is 12.5. The van der Waals surface area contributed by atoms with Gasteiger partial charge in [-0.15, -0.1) is 0 Å². The minimum Gasteiger partial charge on any atom is -0.507 e. The van der Waals surface area contributed by atoms with Crippen LogP contribution in [0.2, 0.25) is 0 Å². The summed E-state index contributed by atoms with van der Waals surface area (Å²) in [6.45, 7) is 2.39. The number of hydrogen-bond donors (Lipinski definition) is 3. The van der Waals surface area contributed by atoms with Gasteiger partial charge >= 0.3 is 0 Å². The number of phenolic OH excluding ortho intramolecular Hbond substituents is 1. The average Bonchev–Trinajstić information content (AvgIpc) is 3.19. The lowest BCUT2D eigenvalue weighted by atomic mass is 10.2. The number of halogens is 1. The number of carbonyl (C=O) groups excluding carboxylic acids is 1. The van der Waals surface area contributed by atoms with E-state index in [-0.39, 0.29) is 16.8 Å². The number of thiocarbonyl (C=S) groups is 1. The van der Waals surface area contributed by atoms with E-state index >= 15 is 0 Å². The Morgan fingerprint density at radius 1 is 1.19 bits per heavy atom. The fourth-order valence-electron chi connectivity index (χ4n) is 3.00. The van der Waals surface area contributed by atoms with E-state index in [0.717, 1.165) is 5.56 Å². The molecule has 3 aromatic carbocycles. The Kier molecular flexibility index (Phi) is 6.38. The van der Waals surface area contributed by atoms with Gasteiger partial charge in [-0.25, -0.2) is 4.98 Å². The largest absolute Gasteiger partial charge is 0.507 e. The standard InChI is InChI=1S/C23H18BrN3O4S/c1-2-30-16-5-3-4-13(10-16)21(29)27-23(32)25-15-7-9-20-18(12-15)26-22(31-20)14-6-8-19(28)17(24)11-14/h3-12,28H,2H2,1H3,(H2,25,27,29,32). The molecule has 0 aliphatic carbocycles. The first-order valence-electron chi connectivity index (χ1n) is 9.67. The van der Waals surface area contributed by atoms with Gasteiger partial charge in [0.05, 0.1) is 11.1 Å². The maximum absolute atomic E-state index is 12.5. The van der Waals surface area contributed by atoms with Gasteiger partial charge in [-0.05, 0) is 89.7 Å². The van der Waals surface area contributed by atoms with Gasteiger partial charge in [-0.1, -0.05) is 6.07 Å². The zero-order valence-electron chi connectivity index (χ0n) is 16.9. The summed E-state index contributed by atoms with van der Waals surface area (Å²) in [5.41, 5.74) is 3.02. The Bertz CT molecular complexity index is 1320. The molecule has 0 radical (unpaired) electrons. The quantitative estimate of drug-likeness (QED) is 0.305. The summed E-state index contributed by atoms with van der Waals surface area (Å²) in [6, 6.07) is 17.2. The first-order chi connectivity index (χ1) is 15.4. The van der Waals surface area contributed by atoms with Crippen molar-refractivity contribution < 1.29 is 19.1 Å². The molecule has 162 valence electrons. The molecule has 0 unspecified atom stereocenters. The fraction of sp³-hybridized carbons (Fsp3) is 0.0870. The second-order valence-electron chi connectivity index (χ2n) is 6.74. The van der Waals surface area contributed by atoms with Gasteiger partial charge in [-0.3, -0.25) is 10.1 Å². The van der Waals surface area contributed by atoms with Gasteiger partial charge in [0, 0.05) is 16.8 Å². The van der Waals surface area contributed by atoms with Crippen LogP contribution in [0.3, 0.4) is 0 Å². The summed E-state index contributed by atoms with van der Waals surface area (Å²) >= 11 is 8.57. The predicted molar refractivity (Wildman–Crippen MR) is 130 cm³/mol. The lowest BCUT2D eigenvalue weighted by Gasteiger charge is -2.10. The van der Waals surface area contributed by atoms with Gasteiger partial charge in [0.25, 0.3) is 5.91 Å². The first kappa shape index (κ1) is 21.8. The molecule has 0 spiro atoms. The van der Waals surface area contributed by atoms with Crippen molar-refractivity contribution in [1.82, 2.24) is 10.3 Å². The number of carbonyl (C=O) groups is 1. The number of fused-ring (bicyclic) bond motifs is 1. The van der Waals surface area contributed by atoms with Gasteiger partial charge < -0.3 is 19.6 Å². The van der Waals surface area contributed by atoms with Gasteiger partial charge in [-0.2, -0.15) is 0 Å². The Balaban J connectivity index is 1.46. The molecule has 0 fully saturated rings. The molecule has 0 saturated carbocycles. The minimum absolute atomic E-state index is 0.136. The summed E-state index contributed by atoms with van der Waals surface area (Å²) in [4.78, 5) is 17.0. The minimum atomic E-state index is -0.341. The Labute approximate surface area is 197 Å². The molecule has 0 aliphatic rings. The highest BCUT2D eigenvalue weighted by Crippen LogP contribution is 2.31. The number of aromatic nitrogens is 1. The lowest BCUT2D eigenvalue weighted by Crippen LogP contribution is -2.34. The Hall–Kier alpha value is -3.43. The van der Waals surface area contributed by atoms with Crippen LogP contribution in [0.1, 0.15) is 17.3 Å². The van der Waals surface area contributed by atoms with Crippen molar-refractivity contribution in [3.63, 3.8) is 0 Å². The van der Waals surface area contributed by atoms with E-state index in [1.807, 2.05) is 6.92 Å². The highest BCUT2D eigenvalue weighted by Gasteiger charge is 2.12. The summed E-state index contributed by atoms with van der Waals surface area (Å²) < 4.78 is 11.8. The third-order valence-electron chi connectivity index (χ3n) is 4.47. The van der Waals surface area contributed by atoms with Crippen molar-refractivity contribution in [3.05, 3.63) is 70.7 Å². The molecule has 0 bridgehead atoms. The second kappa shape index (κ2) is 9.37. The topological polar surface area (TPSA) is 96.6 Å². The van der Waals surface area contributed by atoms with Crippen LogP contribution in [0.4, 0.5) is 5.69 Å². The molecule has 4 rings (SSSR count). The number of rotatable bonds is 5. The van der Waals surface area contributed by atoms with Gasteiger partial charge in [0.1, 0.15) is 17.0 Å². The first-order valence-corrected chi connectivity index (χ1v) is 10.9. The lowest BCUT2D eigenvalue weighted by molar-refractivity contribution is 0.0977. The number of nitrogens with zero attached hydrogens (tertiary/aromatic N) is 1. The van der Waals surface area contributed by atoms with E-state index in [9.17, 15) is 9.90 Å². The van der Waals surface area contributed by atoms with E-state index in [2.05, 4.69) is 31.5 Å². The van der Waals surface area contributed by atoms with Crippen LogP contribution in [0.25, 0.3) is 22.6 Å². The van der Waals surface area contributed by atoms with Crippen LogP contribution >= 0.6 is 28.1 Å². The van der Waals surface area contributed by atoms with E-state index in [0.29, 0.717) is 45.1 Å². The van der Waals surface area contributed by atoms with Gasteiger partial charge in [0.2, 0.25) is 5.89 Å². The van der Waals surface area contributed by atoms with Crippen molar-refractivity contribution in [2.45, 2.75) is 6.92 Å². The molecule has 4 aromatic rings.